The van der Waals surface area contributed by atoms with E-state index in [9.17, 15) is 19.4 Å². The van der Waals surface area contributed by atoms with Crippen molar-refractivity contribution in [1.29, 1.82) is 0 Å². The second kappa shape index (κ2) is 7.77. The van der Waals surface area contributed by atoms with Crippen LogP contribution in [0, 0.1) is 11.2 Å². The molecule has 2 N–H and O–H groups in total. The van der Waals surface area contributed by atoms with Gasteiger partial charge in [0.05, 0.1) is 12.0 Å². The van der Waals surface area contributed by atoms with Crippen molar-refractivity contribution in [2.75, 3.05) is 19.8 Å². The van der Waals surface area contributed by atoms with Crippen LogP contribution in [0.4, 0.5) is 4.39 Å². The molecule has 2 aromatic carbocycles. The molecule has 0 radical (unpaired) electrons. The number of pyridine rings is 1. The van der Waals surface area contributed by atoms with Gasteiger partial charge in [-0.05, 0) is 67.0 Å². The summed E-state index contributed by atoms with van der Waals surface area (Å²) < 4.78 is 21.1. The number of halogens is 1. The zero-order chi connectivity index (χ0) is 21.6. The third-order valence-corrected chi connectivity index (χ3v) is 6.82. The van der Waals surface area contributed by atoms with Gasteiger partial charge in [0.1, 0.15) is 11.6 Å². The summed E-state index contributed by atoms with van der Waals surface area (Å²) in [6.07, 6.45) is 3.35. The van der Waals surface area contributed by atoms with Crippen LogP contribution in [0.25, 0.3) is 21.9 Å². The fraction of sp³-hybridized carbons (Fsp3) is 0.400. The normalized spacial score (nSPS) is 18.4. The van der Waals surface area contributed by atoms with Crippen LogP contribution in [0.1, 0.15) is 37.3 Å². The van der Waals surface area contributed by atoms with Gasteiger partial charge in [0.2, 0.25) is 0 Å². The fourth-order valence-corrected chi connectivity index (χ4v) is 4.81. The molecule has 3 aromatic rings. The van der Waals surface area contributed by atoms with E-state index < -0.39 is 0 Å². The third-order valence-electron chi connectivity index (χ3n) is 6.82. The molecule has 5 nitrogen and oxygen atoms in total. The molecule has 1 aliphatic carbocycles. The Balaban J connectivity index is 1.85. The second-order valence-corrected chi connectivity index (χ2v) is 8.93. The molecule has 1 saturated heterocycles. The van der Waals surface area contributed by atoms with E-state index >= 15 is 0 Å². The van der Waals surface area contributed by atoms with Crippen molar-refractivity contribution in [1.82, 2.24) is 4.57 Å². The molecule has 0 spiro atoms. The van der Waals surface area contributed by atoms with Gasteiger partial charge in [0.15, 0.2) is 0 Å². The number of hydrogen-bond donors (Lipinski definition) is 2. The lowest BCUT2D eigenvalue weighted by Crippen LogP contribution is -2.32. The summed E-state index contributed by atoms with van der Waals surface area (Å²) in [5, 5.41) is 21.3. The molecule has 1 saturated carbocycles. The first-order valence-electron chi connectivity index (χ1n) is 10.9. The largest absolute Gasteiger partial charge is 0.508 e. The van der Waals surface area contributed by atoms with Gasteiger partial charge < -0.3 is 19.5 Å². The van der Waals surface area contributed by atoms with Crippen molar-refractivity contribution in [2.24, 2.45) is 5.41 Å². The molecule has 162 valence electrons. The van der Waals surface area contributed by atoms with E-state index in [1.165, 1.54) is 18.2 Å². The third kappa shape index (κ3) is 3.64. The van der Waals surface area contributed by atoms with Crippen LogP contribution in [0.5, 0.6) is 5.75 Å². The lowest BCUT2D eigenvalue weighted by molar-refractivity contribution is 0.0831. The first-order valence-corrected chi connectivity index (χ1v) is 10.9. The Morgan fingerprint density at radius 2 is 1.77 bits per heavy atom. The number of rotatable bonds is 5. The van der Waals surface area contributed by atoms with E-state index in [0.717, 1.165) is 47.9 Å². The zero-order valence-corrected chi connectivity index (χ0v) is 17.3. The maximum atomic E-state index is 13.7. The average Bonchev–Trinajstić information content (AvgIpc) is 3.57. The van der Waals surface area contributed by atoms with E-state index in [2.05, 4.69) is 0 Å². The van der Waals surface area contributed by atoms with E-state index in [4.69, 9.17) is 4.74 Å². The predicted molar refractivity (Wildman–Crippen MR) is 117 cm³/mol. The number of aliphatic hydroxyl groups excluding tert-OH is 1. The monoisotopic (exact) mass is 423 g/mol. The maximum absolute atomic E-state index is 13.7. The second-order valence-electron chi connectivity index (χ2n) is 8.93. The van der Waals surface area contributed by atoms with Crippen LogP contribution < -0.4 is 5.56 Å². The molecule has 0 unspecified atom stereocenters. The summed E-state index contributed by atoms with van der Waals surface area (Å²) in [5.74, 6) is -0.165. The van der Waals surface area contributed by atoms with Crippen molar-refractivity contribution in [3.05, 3.63) is 64.3 Å². The Morgan fingerprint density at radius 3 is 2.42 bits per heavy atom. The molecule has 1 aromatic heterocycles. The van der Waals surface area contributed by atoms with Crippen LogP contribution in [0.15, 0.2) is 47.3 Å². The number of aromatic nitrogens is 1. The van der Waals surface area contributed by atoms with Gasteiger partial charge in [-0.3, -0.25) is 4.79 Å². The van der Waals surface area contributed by atoms with E-state index in [-0.39, 0.29) is 35.1 Å². The highest BCUT2D eigenvalue weighted by Crippen LogP contribution is 2.48. The van der Waals surface area contributed by atoms with Gasteiger partial charge in [-0.1, -0.05) is 12.1 Å². The van der Waals surface area contributed by atoms with Gasteiger partial charge in [0.25, 0.3) is 5.56 Å². The van der Waals surface area contributed by atoms with Crippen molar-refractivity contribution < 1.29 is 19.3 Å². The van der Waals surface area contributed by atoms with Crippen molar-refractivity contribution in [2.45, 2.75) is 38.1 Å². The summed E-state index contributed by atoms with van der Waals surface area (Å²) >= 11 is 0. The van der Waals surface area contributed by atoms with Gasteiger partial charge in [0, 0.05) is 42.3 Å². The number of nitrogens with zero attached hydrogens (tertiary/aromatic N) is 1. The van der Waals surface area contributed by atoms with Crippen molar-refractivity contribution >= 4 is 10.8 Å². The molecular weight excluding hydrogens is 397 g/mol. The van der Waals surface area contributed by atoms with E-state index in [1.807, 2.05) is 4.57 Å². The summed E-state index contributed by atoms with van der Waals surface area (Å²) in [6, 6.07) is 11.2. The zero-order valence-electron chi connectivity index (χ0n) is 17.3. The van der Waals surface area contributed by atoms with Gasteiger partial charge in [-0.25, -0.2) is 4.39 Å². The predicted octanol–water partition coefficient (Wildman–Crippen LogP) is 4.18. The Hall–Kier alpha value is -2.70. The molecule has 2 fully saturated rings. The maximum Gasteiger partial charge on any atom is 0.258 e. The van der Waals surface area contributed by atoms with Crippen LogP contribution in [0.2, 0.25) is 0 Å². The number of hydrogen-bond acceptors (Lipinski definition) is 4. The molecular formula is C25H26FNO4. The first kappa shape index (κ1) is 20.2. The summed E-state index contributed by atoms with van der Waals surface area (Å²) in [5.41, 5.74) is 2.24. The van der Waals surface area contributed by atoms with Gasteiger partial charge >= 0.3 is 0 Å². The molecule has 2 aliphatic rings. The van der Waals surface area contributed by atoms with Gasteiger partial charge in [-0.2, -0.15) is 0 Å². The molecule has 5 rings (SSSR count). The number of aromatic hydroxyl groups is 1. The number of phenolic OH excluding ortho intramolecular Hbond substituents is 1. The van der Waals surface area contributed by atoms with Crippen molar-refractivity contribution in [3.63, 3.8) is 0 Å². The molecule has 1 aliphatic heterocycles. The van der Waals surface area contributed by atoms with E-state index in [1.54, 1.807) is 24.3 Å². The van der Waals surface area contributed by atoms with Crippen LogP contribution in [-0.2, 0) is 11.3 Å². The number of ether oxygens (including phenoxy) is 1. The lowest BCUT2D eigenvalue weighted by Gasteiger charge is -2.30. The molecule has 31 heavy (non-hydrogen) atoms. The highest BCUT2D eigenvalue weighted by Gasteiger charge is 2.43. The Labute approximate surface area is 179 Å². The van der Waals surface area contributed by atoms with Gasteiger partial charge in [-0.15, -0.1) is 0 Å². The number of benzene rings is 2. The summed E-state index contributed by atoms with van der Waals surface area (Å²) in [4.78, 5) is 13.7. The summed E-state index contributed by atoms with van der Waals surface area (Å²) in [7, 11) is 0. The number of fused-ring (bicyclic) bond motifs is 1. The number of aliphatic hydroxyl groups is 1. The smallest absolute Gasteiger partial charge is 0.258 e. The molecule has 6 heteroatoms. The topological polar surface area (TPSA) is 71.7 Å². The minimum Gasteiger partial charge on any atom is -0.508 e. The summed E-state index contributed by atoms with van der Waals surface area (Å²) in [6.45, 7) is 1.73. The Kier molecular flexibility index (Phi) is 5.07. The minimum atomic E-state index is -0.316. The Morgan fingerprint density at radius 1 is 1.06 bits per heavy atom. The quantitative estimate of drug-likeness (QED) is 0.646. The lowest BCUT2D eigenvalue weighted by atomic mass is 9.86. The first-order chi connectivity index (χ1) is 15.0. The Bertz CT molecular complexity index is 1170. The molecule has 0 bridgehead atoms. The van der Waals surface area contributed by atoms with Crippen LogP contribution in [-0.4, -0.2) is 34.6 Å². The van der Waals surface area contributed by atoms with Crippen LogP contribution in [0.3, 0.4) is 0 Å². The van der Waals surface area contributed by atoms with Crippen LogP contribution >= 0.6 is 0 Å². The highest BCUT2D eigenvalue weighted by atomic mass is 19.1. The average molecular weight is 423 g/mol. The minimum absolute atomic E-state index is 0.0308. The number of phenols is 1. The highest BCUT2D eigenvalue weighted by molar-refractivity contribution is 5.98. The standard InChI is InChI=1S/C25H26FNO4/c26-18-3-1-16(2-4-18)22-20-6-5-19(29)13-21(20)24(30)27(14-25(15-28)9-10-25)23(22)17-7-11-31-12-8-17/h1-6,13,17,28-29H,7-12,14-15H2. The molecule has 0 amide bonds. The SMILES string of the molecule is O=c1c2cc(O)ccc2c(-c2ccc(F)cc2)c(C2CCOCC2)n1CC1(CO)CC1. The fourth-order valence-electron chi connectivity index (χ4n) is 4.81. The van der Waals surface area contributed by atoms with Crippen molar-refractivity contribution in [3.8, 4) is 16.9 Å². The molecule has 2 heterocycles. The van der Waals surface area contributed by atoms with E-state index in [0.29, 0.717) is 25.1 Å². The molecule has 0 atom stereocenters.